The molecule has 0 aliphatic heterocycles. The topological polar surface area (TPSA) is 74.6 Å². The van der Waals surface area contributed by atoms with E-state index in [2.05, 4.69) is 6.92 Å². The first kappa shape index (κ1) is 20.0. The summed E-state index contributed by atoms with van der Waals surface area (Å²) in [4.78, 5) is 22.4. The molecule has 0 aromatic rings. The summed E-state index contributed by atoms with van der Waals surface area (Å²) in [7, 11) is 0. The number of carbonyl (C=O) groups excluding carboxylic acids is 1. The van der Waals surface area contributed by atoms with Gasteiger partial charge in [-0.05, 0) is 25.3 Å². The van der Waals surface area contributed by atoms with Crippen LogP contribution in [0.1, 0.15) is 51.9 Å². The van der Waals surface area contributed by atoms with E-state index in [9.17, 15) is 14.7 Å². The highest BCUT2D eigenvalue weighted by Gasteiger charge is 2.29. The van der Waals surface area contributed by atoms with Gasteiger partial charge in [0.05, 0.1) is 6.10 Å². The molecule has 0 heterocycles. The summed E-state index contributed by atoms with van der Waals surface area (Å²) in [5.41, 5.74) is 0. The van der Waals surface area contributed by atoms with Crippen LogP contribution in [-0.2, 0) is 9.59 Å². The Morgan fingerprint density at radius 1 is 1.39 bits per heavy atom. The van der Waals surface area contributed by atoms with E-state index in [0.717, 1.165) is 25.7 Å². The van der Waals surface area contributed by atoms with E-state index in [1.165, 1.54) is 0 Å². The number of unbranched alkanes of at least 4 members (excludes halogenated alkanes) is 2. The molecule has 0 fully saturated rings. The molecule has 2 N–H and O–H groups in total. The van der Waals surface area contributed by atoms with Gasteiger partial charge in [-0.2, -0.15) is 11.8 Å². The third-order valence-electron chi connectivity index (χ3n) is 3.92. The number of carbonyl (C=O) groups is 2. The molecule has 0 saturated carbocycles. The van der Waals surface area contributed by atoms with Gasteiger partial charge in [0.25, 0.3) is 0 Å². The normalized spacial score (nSPS) is 22.1. The maximum Gasteiger partial charge on any atom is 0.303 e. The molecule has 0 saturated heterocycles. The summed E-state index contributed by atoms with van der Waals surface area (Å²) in [5.74, 6) is -0.0980. The molecular weight excluding hydrogens is 312 g/mol. The number of allylic oxidation sites excluding steroid dienone is 3. The van der Waals surface area contributed by atoms with Gasteiger partial charge in [0.2, 0.25) is 0 Å². The Labute approximate surface area is 143 Å². The van der Waals surface area contributed by atoms with Crippen LogP contribution < -0.4 is 0 Å². The quantitative estimate of drug-likeness (QED) is 0.419. The van der Waals surface area contributed by atoms with Crippen molar-refractivity contribution >= 4 is 23.5 Å². The minimum absolute atomic E-state index is 0.0797. The fourth-order valence-corrected chi connectivity index (χ4v) is 3.81. The van der Waals surface area contributed by atoms with Crippen molar-refractivity contribution in [1.29, 1.82) is 0 Å². The van der Waals surface area contributed by atoms with Crippen LogP contribution in [0.25, 0.3) is 0 Å². The summed E-state index contributed by atoms with van der Waals surface area (Å²) in [6.45, 7) is 2.14. The number of aliphatic hydroxyl groups excluding tert-OH is 1. The fourth-order valence-electron chi connectivity index (χ4n) is 2.53. The van der Waals surface area contributed by atoms with Crippen molar-refractivity contribution in [3.63, 3.8) is 0 Å². The van der Waals surface area contributed by atoms with Gasteiger partial charge in [0, 0.05) is 23.3 Å². The molecule has 3 unspecified atom stereocenters. The number of aliphatic hydroxyl groups is 1. The van der Waals surface area contributed by atoms with E-state index in [1.807, 2.05) is 18.2 Å². The third-order valence-corrected chi connectivity index (χ3v) is 5.36. The van der Waals surface area contributed by atoms with Crippen molar-refractivity contribution in [3.05, 3.63) is 24.3 Å². The first-order chi connectivity index (χ1) is 11.0. The van der Waals surface area contributed by atoms with Gasteiger partial charge < -0.3 is 10.2 Å². The standard InChI is InChI=1S/C18H28O4S/c1-2-3-5-8-14(19)13-23-17-12-11-16(20)15(17)9-6-4-7-10-18(21)22/h4,6,11-12,14-15,17,19H,2-3,5,7-10,13H2,1H3,(H,21,22)/b6-4-. The zero-order valence-electron chi connectivity index (χ0n) is 13.8. The molecule has 3 atom stereocenters. The smallest absolute Gasteiger partial charge is 0.303 e. The molecule has 0 spiro atoms. The van der Waals surface area contributed by atoms with Crippen molar-refractivity contribution in [3.8, 4) is 0 Å². The van der Waals surface area contributed by atoms with Crippen LogP contribution in [0.15, 0.2) is 24.3 Å². The second kappa shape index (κ2) is 11.5. The number of thioether (sulfide) groups is 1. The summed E-state index contributed by atoms with van der Waals surface area (Å²) in [6.07, 6.45) is 12.4. The van der Waals surface area contributed by atoms with Gasteiger partial charge in [-0.25, -0.2) is 0 Å². The van der Waals surface area contributed by atoms with Crippen molar-refractivity contribution in [2.24, 2.45) is 5.92 Å². The van der Waals surface area contributed by atoms with Crippen LogP contribution in [0.2, 0.25) is 0 Å². The lowest BCUT2D eigenvalue weighted by Crippen LogP contribution is -2.20. The molecule has 0 radical (unpaired) electrons. The van der Waals surface area contributed by atoms with Gasteiger partial charge in [-0.15, -0.1) is 0 Å². The minimum Gasteiger partial charge on any atom is -0.481 e. The van der Waals surface area contributed by atoms with E-state index >= 15 is 0 Å². The number of carboxylic acids is 1. The van der Waals surface area contributed by atoms with E-state index < -0.39 is 5.97 Å². The second-order valence-electron chi connectivity index (χ2n) is 5.96. The van der Waals surface area contributed by atoms with Crippen LogP contribution >= 0.6 is 11.8 Å². The van der Waals surface area contributed by atoms with Gasteiger partial charge in [0.1, 0.15) is 0 Å². The summed E-state index contributed by atoms with van der Waals surface area (Å²) in [5, 5.41) is 18.7. The molecule has 1 rings (SSSR count). The Morgan fingerprint density at radius 2 is 2.17 bits per heavy atom. The molecule has 0 bridgehead atoms. The zero-order chi connectivity index (χ0) is 17.1. The van der Waals surface area contributed by atoms with Crippen molar-refractivity contribution in [1.82, 2.24) is 0 Å². The Kier molecular flexibility index (Phi) is 9.96. The van der Waals surface area contributed by atoms with Crippen LogP contribution in [0.3, 0.4) is 0 Å². The van der Waals surface area contributed by atoms with Gasteiger partial charge in [-0.3, -0.25) is 9.59 Å². The average molecular weight is 340 g/mol. The van der Waals surface area contributed by atoms with E-state index in [4.69, 9.17) is 5.11 Å². The number of hydrogen-bond acceptors (Lipinski definition) is 4. The van der Waals surface area contributed by atoms with E-state index in [1.54, 1.807) is 17.8 Å². The van der Waals surface area contributed by atoms with Gasteiger partial charge in [0.15, 0.2) is 5.78 Å². The molecule has 4 nitrogen and oxygen atoms in total. The highest BCUT2D eigenvalue weighted by molar-refractivity contribution is 8.00. The predicted molar refractivity (Wildman–Crippen MR) is 94.7 cm³/mol. The lowest BCUT2D eigenvalue weighted by molar-refractivity contribution is -0.136. The van der Waals surface area contributed by atoms with Crippen LogP contribution in [0.5, 0.6) is 0 Å². The number of ketones is 1. The number of aliphatic carboxylic acids is 1. The highest BCUT2D eigenvalue weighted by atomic mass is 32.2. The van der Waals surface area contributed by atoms with E-state index in [0.29, 0.717) is 18.6 Å². The predicted octanol–water partition coefficient (Wildman–Crippen LogP) is 3.60. The molecule has 130 valence electrons. The van der Waals surface area contributed by atoms with Crippen molar-refractivity contribution < 1.29 is 19.8 Å². The number of rotatable bonds is 12. The molecule has 0 amide bonds. The van der Waals surface area contributed by atoms with Gasteiger partial charge in [-0.1, -0.05) is 44.4 Å². The lowest BCUT2D eigenvalue weighted by Gasteiger charge is -2.18. The van der Waals surface area contributed by atoms with Crippen molar-refractivity contribution in [2.75, 3.05) is 5.75 Å². The summed E-state index contributed by atoms with van der Waals surface area (Å²) in [6, 6.07) is 0. The Balaban J connectivity index is 2.31. The summed E-state index contributed by atoms with van der Waals surface area (Å²) < 4.78 is 0. The summed E-state index contributed by atoms with van der Waals surface area (Å²) >= 11 is 1.65. The maximum atomic E-state index is 11.9. The highest BCUT2D eigenvalue weighted by Crippen LogP contribution is 2.31. The van der Waals surface area contributed by atoms with Crippen molar-refractivity contribution in [2.45, 2.75) is 63.2 Å². The molecule has 0 aromatic heterocycles. The van der Waals surface area contributed by atoms with Gasteiger partial charge >= 0.3 is 5.97 Å². The first-order valence-corrected chi connectivity index (χ1v) is 9.48. The molecule has 0 aromatic carbocycles. The maximum absolute atomic E-state index is 11.9. The zero-order valence-corrected chi connectivity index (χ0v) is 14.6. The average Bonchev–Trinajstić information content (AvgIpc) is 2.85. The monoisotopic (exact) mass is 340 g/mol. The lowest BCUT2D eigenvalue weighted by atomic mass is 10.0. The van der Waals surface area contributed by atoms with E-state index in [-0.39, 0.29) is 29.5 Å². The molecular formula is C18H28O4S. The largest absolute Gasteiger partial charge is 0.481 e. The Hall–Kier alpha value is -1.07. The van der Waals surface area contributed by atoms with Crippen LogP contribution in [-0.4, -0.2) is 39.1 Å². The first-order valence-electron chi connectivity index (χ1n) is 8.43. The third kappa shape index (κ3) is 8.37. The number of hydrogen-bond donors (Lipinski definition) is 2. The van der Waals surface area contributed by atoms with Crippen LogP contribution in [0.4, 0.5) is 0 Å². The fraction of sp³-hybridized carbons (Fsp3) is 0.667. The Morgan fingerprint density at radius 3 is 2.87 bits per heavy atom. The van der Waals surface area contributed by atoms with Crippen LogP contribution in [0, 0.1) is 5.92 Å². The number of carboxylic acid groups (broad SMARTS) is 1. The molecule has 5 heteroatoms. The molecule has 1 aliphatic carbocycles. The minimum atomic E-state index is -0.807. The molecule has 23 heavy (non-hydrogen) atoms. The SMILES string of the molecule is CCCCCC(O)CSC1C=CC(=O)C1C/C=C\CCC(=O)O. The second-order valence-corrected chi connectivity index (χ2v) is 7.17. The molecule has 1 aliphatic rings. The Bertz CT molecular complexity index is 431.